The summed E-state index contributed by atoms with van der Waals surface area (Å²) in [6.07, 6.45) is 2.05. The first-order valence-corrected chi connectivity index (χ1v) is 9.35. The number of ether oxygens (including phenoxy) is 2. The van der Waals surface area contributed by atoms with Crippen LogP contribution in [0.4, 0.5) is 5.69 Å². The maximum Gasteiger partial charge on any atom is 0.256 e. The molecule has 4 rings (SSSR count). The largest absolute Gasteiger partial charge is 0.493 e. The lowest BCUT2D eigenvalue weighted by atomic mass is 10.1. The molecule has 0 bridgehead atoms. The van der Waals surface area contributed by atoms with Gasteiger partial charge in [0, 0.05) is 18.5 Å². The van der Waals surface area contributed by atoms with E-state index < -0.39 is 0 Å². The normalized spacial score (nSPS) is 17.0. The Hall–Kier alpha value is -3.12. The van der Waals surface area contributed by atoms with Gasteiger partial charge in [-0.1, -0.05) is 30.3 Å². The summed E-state index contributed by atoms with van der Waals surface area (Å²) in [5.74, 6) is 0.354. The van der Waals surface area contributed by atoms with Crippen molar-refractivity contribution in [2.45, 2.75) is 18.9 Å². The van der Waals surface area contributed by atoms with Crippen molar-refractivity contribution in [2.24, 2.45) is 4.99 Å². The number of para-hydroxylation sites is 2. The van der Waals surface area contributed by atoms with E-state index in [0.717, 1.165) is 24.8 Å². The van der Waals surface area contributed by atoms with Crippen molar-refractivity contribution in [1.82, 2.24) is 5.32 Å². The van der Waals surface area contributed by atoms with Gasteiger partial charge >= 0.3 is 0 Å². The van der Waals surface area contributed by atoms with Gasteiger partial charge in [-0.25, -0.2) is 4.99 Å². The maximum absolute atomic E-state index is 12.9. The van der Waals surface area contributed by atoms with Crippen molar-refractivity contribution < 1.29 is 18.7 Å². The van der Waals surface area contributed by atoms with E-state index in [0.29, 0.717) is 29.1 Å². The molecule has 1 fully saturated rings. The van der Waals surface area contributed by atoms with Crippen LogP contribution in [0.15, 0.2) is 64.0 Å². The molecule has 0 spiro atoms. The van der Waals surface area contributed by atoms with E-state index in [4.69, 9.17) is 13.9 Å². The number of carbonyl (C=O) groups is 1. The van der Waals surface area contributed by atoms with E-state index in [2.05, 4.69) is 10.3 Å². The van der Waals surface area contributed by atoms with Gasteiger partial charge in [-0.15, -0.1) is 0 Å². The highest BCUT2D eigenvalue weighted by Gasteiger charge is 2.19. The molecule has 6 nitrogen and oxygen atoms in total. The lowest BCUT2D eigenvalue weighted by Gasteiger charge is -2.11. The second-order valence-electron chi connectivity index (χ2n) is 6.64. The first kappa shape index (κ1) is 18.3. The van der Waals surface area contributed by atoms with Crippen molar-refractivity contribution in [2.75, 3.05) is 20.3 Å². The average Bonchev–Trinajstić information content (AvgIpc) is 3.25. The minimum Gasteiger partial charge on any atom is -0.493 e. The molecule has 1 aliphatic heterocycles. The second-order valence-corrected chi connectivity index (χ2v) is 6.64. The molecule has 1 atom stereocenters. The van der Waals surface area contributed by atoms with Crippen LogP contribution in [0.5, 0.6) is 5.75 Å². The van der Waals surface area contributed by atoms with Crippen molar-refractivity contribution >= 4 is 22.6 Å². The van der Waals surface area contributed by atoms with Gasteiger partial charge in [0.15, 0.2) is 11.3 Å². The summed E-state index contributed by atoms with van der Waals surface area (Å²) >= 11 is 0. The monoisotopic (exact) mass is 378 g/mol. The predicted octanol–water partition coefficient (Wildman–Crippen LogP) is 3.58. The summed E-state index contributed by atoms with van der Waals surface area (Å²) in [6.45, 7) is 1.22. The molecule has 144 valence electrons. The standard InChI is InChI=1S/C22H22N2O4/c1-26-19-11-5-7-15-13-18(21(25)23-14-17-10-6-12-27-17)22(28-20(15)19)24-16-8-3-2-4-9-16/h2-5,7-9,11,13,17H,6,10,12,14H2,1H3,(H,23,25). The van der Waals surface area contributed by atoms with E-state index in [1.54, 1.807) is 13.2 Å². The summed E-state index contributed by atoms with van der Waals surface area (Å²) in [5, 5.41) is 3.72. The fraction of sp³-hybridized carbons (Fsp3) is 0.273. The Morgan fingerprint density at radius 2 is 2.07 bits per heavy atom. The van der Waals surface area contributed by atoms with Crippen LogP contribution in [0.25, 0.3) is 11.0 Å². The van der Waals surface area contributed by atoms with Crippen LogP contribution in [-0.4, -0.2) is 32.3 Å². The number of hydrogen-bond donors (Lipinski definition) is 1. The van der Waals surface area contributed by atoms with Crippen molar-refractivity contribution in [1.29, 1.82) is 0 Å². The Morgan fingerprint density at radius 1 is 1.21 bits per heavy atom. The van der Waals surface area contributed by atoms with E-state index in [9.17, 15) is 4.79 Å². The summed E-state index contributed by atoms with van der Waals surface area (Å²) in [5.41, 5.74) is 1.87. The van der Waals surface area contributed by atoms with Gasteiger partial charge in [0.2, 0.25) is 5.55 Å². The lowest BCUT2D eigenvalue weighted by molar-refractivity contribution is 0.0854. The van der Waals surface area contributed by atoms with E-state index in [-0.39, 0.29) is 17.6 Å². The zero-order chi connectivity index (χ0) is 19.3. The summed E-state index contributed by atoms with van der Waals surface area (Å²) in [6, 6.07) is 16.7. The van der Waals surface area contributed by atoms with Crippen LogP contribution in [0, 0.1) is 0 Å². The molecule has 6 heteroatoms. The first-order chi connectivity index (χ1) is 13.7. The highest BCUT2D eigenvalue weighted by molar-refractivity contribution is 5.97. The zero-order valence-corrected chi connectivity index (χ0v) is 15.7. The molecule has 1 saturated heterocycles. The smallest absolute Gasteiger partial charge is 0.256 e. The third-order valence-corrected chi connectivity index (χ3v) is 4.70. The number of rotatable bonds is 5. The molecular weight excluding hydrogens is 356 g/mol. The third kappa shape index (κ3) is 3.92. The van der Waals surface area contributed by atoms with Gasteiger partial charge < -0.3 is 19.2 Å². The fourth-order valence-electron chi connectivity index (χ4n) is 3.26. The Labute approximate surface area is 162 Å². The van der Waals surface area contributed by atoms with Gasteiger partial charge in [-0.05, 0) is 37.1 Å². The van der Waals surface area contributed by atoms with Crippen LogP contribution in [0.3, 0.4) is 0 Å². The van der Waals surface area contributed by atoms with Crippen LogP contribution in [0.1, 0.15) is 23.2 Å². The second kappa shape index (κ2) is 8.27. The first-order valence-electron chi connectivity index (χ1n) is 9.35. The topological polar surface area (TPSA) is 73.1 Å². The van der Waals surface area contributed by atoms with Gasteiger partial charge in [-0.2, -0.15) is 0 Å². The Bertz CT molecular complexity index is 1040. The summed E-state index contributed by atoms with van der Waals surface area (Å²) < 4.78 is 17.0. The number of nitrogens with one attached hydrogen (secondary N) is 1. The fourth-order valence-corrected chi connectivity index (χ4v) is 3.26. The Morgan fingerprint density at radius 3 is 2.82 bits per heavy atom. The zero-order valence-electron chi connectivity index (χ0n) is 15.7. The molecule has 1 aliphatic rings. The van der Waals surface area contributed by atoms with Crippen molar-refractivity contribution in [3.8, 4) is 5.75 Å². The maximum atomic E-state index is 12.9. The molecule has 1 N–H and O–H groups in total. The van der Waals surface area contributed by atoms with E-state index in [1.165, 1.54) is 0 Å². The molecule has 1 unspecified atom stereocenters. The quantitative estimate of drug-likeness (QED) is 0.736. The van der Waals surface area contributed by atoms with Gasteiger partial charge in [0.1, 0.15) is 5.56 Å². The number of methoxy groups -OCH3 is 1. The number of carbonyl (C=O) groups excluding carboxylic acids is 1. The van der Waals surface area contributed by atoms with Crippen LogP contribution in [-0.2, 0) is 4.74 Å². The van der Waals surface area contributed by atoms with E-state index >= 15 is 0 Å². The van der Waals surface area contributed by atoms with Gasteiger partial charge in [0.05, 0.1) is 18.9 Å². The number of fused-ring (bicyclic) bond motifs is 1. The molecule has 3 aromatic rings. The van der Waals surface area contributed by atoms with E-state index in [1.807, 2.05) is 48.5 Å². The molecule has 2 aromatic carbocycles. The Kier molecular flexibility index (Phi) is 5.39. The number of amides is 1. The van der Waals surface area contributed by atoms with Gasteiger partial charge in [0.25, 0.3) is 5.91 Å². The van der Waals surface area contributed by atoms with Crippen LogP contribution in [0.2, 0.25) is 0 Å². The molecule has 0 aliphatic carbocycles. The third-order valence-electron chi connectivity index (χ3n) is 4.70. The molecule has 1 aromatic heterocycles. The molecule has 1 amide bonds. The summed E-state index contributed by atoms with van der Waals surface area (Å²) in [4.78, 5) is 17.4. The highest BCUT2D eigenvalue weighted by atomic mass is 16.5. The average molecular weight is 378 g/mol. The lowest BCUT2D eigenvalue weighted by Crippen LogP contribution is -2.34. The van der Waals surface area contributed by atoms with Crippen LogP contribution < -0.4 is 15.6 Å². The number of nitrogens with zero attached hydrogens (tertiary/aromatic N) is 1. The molecule has 0 radical (unpaired) electrons. The molecule has 0 saturated carbocycles. The van der Waals surface area contributed by atoms with Crippen molar-refractivity contribution in [3.63, 3.8) is 0 Å². The highest BCUT2D eigenvalue weighted by Crippen LogP contribution is 2.25. The SMILES string of the molecule is COc1cccc2cc(C(=O)NCC3CCCO3)c(=Nc3ccccc3)oc12. The molecule has 28 heavy (non-hydrogen) atoms. The van der Waals surface area contributed by atoms with Gasteiger partial charge in [-0.3, -0.25) is 4.79 Å². The minimum atomic E-state index is -0.237. The van der Waals surface area contributed by atoms with Crippen molar-refractivity contribution in [3.05, 3.63) is 65.7 Å². The van der Waals surface area contributed by atoms with Crippen LogP contribution >= 0.6 is 0 Å². The predicted molar refractivity (Wildman–Crippen MR) is 106 cm³/mol. The minimum absolute atomic E-state index is 0.0657. The molecule has 2 heterocycles. The number of benzene rings is 2. The summed E-state index contributed by atoms with van der Waals surface area (Å²) in [7, 11) is 1.58. The number of hydrogen-bond acceptors (Lipinski definition) is 5. The molecular formula is C22H22N2O4. The Balaban J connectivity index is 1.77.